The maximum Gasteiger partial charge on any atom is 0.123 e. The molecule has 2 nitrogen and oxygen atoms in total. The predicted octanol–water partition coefficient (Wildman–Crippen LogP) is 6.67. The predicted molar refractivity (Wildman–Crippen MR) is 110 cm³/mol. The first-order valence-electron chi connectivity index (χ1n) is 8.91. The number of para-hydroxylation sites is 2. The van der Waals surface area contributed by atoms with Crippen molar-refractivity contribution in [3.8, 4) is 5.69 Å². The van der Waals surface area contributed by atoms with Crippen molar-refractivity contribution in [2.24, 2.45) is 0 Å². The van der Waals surface area contributed by atoms with Crippen LogP contribution < -0.4 is 5.32 Å². The molecule has 130 valence electrons. The average molecular weight is 352 g/mol. The standard InChI is InChI=1S/C24H17FN2/c25-17-10-13-20(14-11-17)27-23-9-5-4-8-21(23)22-15-12-19(16-24(22)27)26-18-6-2-1-3-7-18/h1-16,26H. The van der Waals surface area contributed by atoms with Crippen LogP contribution in [0.4, 0.5) is 15.8 Å². The minimum Gasteiger partial charge on any atom is -0.355 e. The van der Waals surface area contributed by atoms with E-state index in [-0.39, 0.29) is 5.82 Å². The number of aromatic nitrogens is 1. The van der Waals surface area contributed by atoms with Crippen molar-refractivity contribution >= 4 is 33.2 Å². The van der Waals surface area contributed by atoms with Crippen molar-refractivity contribution < 1.29 is 4.39 Å². The highest BCUT2D eigenvalue weighted by molar-refractivity contribution is 6.10. The quantitative estimate of drug-likeness (QED) is 0.384. The van der Waals surface area contributed by atoms with Crippen molar-refractivity contribution in [1.29, 1.82) is 0 Å². The molecule has 27 heavy (non-hydrogen) atoms. The third kappa shape index (κ3) is 2.74. The van der Waals surface area contributed by atoms with E-state index in [2.05, 4.69) is 40.2 Å². The molecule has 0 bridgehead atoms. The van der Waals surface area contributed by atoms with Gasteiger partial charge in [0.05, 0.1) is 11.0 Å². The van der Waals surface area contributed by atoms with E-state index in [9.17, 15) is 4.39 Å². The van der Waals surface area contributed by atoms with Gasteiger partial charge in [-0.05, 0) is 54.6 Å². The Morgan fingerprint density at radius 3 is 2.11 bits per heavy atom. The van der Waals surface area contributed by atoms with Gasteiger partial charge in [0.1, 0.15) is 5.82 Å². The Bertz CT molecular complexity index is 1240. The van der Waals surface area contributed by atoms with Gasteiger partial charge in [-0.3, -0.25) is 0 Å². The number of benzene rings is 4. The number of fused-ring (bicyclic) bond motifs is 3. The molecule has 1 N–H and O–H groups in total. The lowest BCUT2D eigenvalue weighted by Crippen LogP contribution is -1.95. The fourth-order valence-corrected chi connectivity index (χ4v) is 3.60. The van der Waals surface area contributed by atoms with Crippen molar-refractivity contribution in [2.45, 2.75) is 0 Å². The summed E-state index contributed by atoms with van der Waals surface area (Å²) in [5.41, 5.74) is 5.19. The highest BCUT2D eigenvalue weighted by atomic mass is 19.1. The summed E-state index contributed by atoms with van der Waals surface area (Å²) in [6, 6.07) is 31.4. The molecule has 0 atom stereocenters. The van der Waals surface area contributed by atoms with Gasteiger partial charge in [0.25, 0.3) is 0 Å². The molecular weight excluding hydrogens is 335 g/mol. The van der Waals surface area contributed by atoms with E-state index in [0.717, 1.165) is 28.1 Å². The number of halogens is 1. The van der Waals surface area contributed by atoms with Gasteiger partial charge in [0.15, 0.2) is 0 Å². The second-order valence-corrected chi connectivity index (χ2v) is 6.55. The fourth-order valence-electron chi connectivity index (χ4n) is 3.60. The number of rotatable bonds is 3. The topological polar surface area (TPSA) is 17.0 Å². The van der Waals surface area contributed by atoms with Crippen molar-refractivity contribution in [3.05, 3.63) is 103 Å². The maximum atomic E-state index is 13.4. The van der Waals surface area contributed by atoms with Crippen LogP contribution in [0.3, 0.4) is 0 Å². The molecule has 0 aliphatic carbocycles. The van der Waals surface area contributed by atoms with Gasteiger partial charge < -0.3 is 9.88 Å². The normalized spacial score (nSPS) is 11.1. The Balaban J connectivity index is 1.74. The third-order valence-corrected chi connectivity index (χ3v) is 4.82. The molecule has 4 aromatic carbocycles. The van der Waals surface area contributed by atoms with Crippen LogP contribution in [0.15, 0.2) is 97.1 Å². The molecule has 0 fully saturated rings. The Morgan fingerprint density at radius 1 is 0.593 bits per heavy atom. The number of anilines is 2. The molecule has 0 aliphatic rings. The number of hydrogen-bond acceptors (Lipinski definition) is 1. The van der Waals surface area contributed by atoms with Crippen molar-refractivity contribution in [2.75, 3.05) is 5.32 Å². The molecule has 5 aromatic rings. The Morgan fingerprint density at radius 2 is 1.30 bits per heavy atom. The first-order chi connectivity index (χ1) is 13.3. The second-order valence-electron chi connectivity index (χ2n) is 6.55. The summed E-state index contributed by atoms with van der Waals surface area (Å²) in [7, 11) is 0. The van der Waals surface area contributed by atoms with Crippen LogP contribution in [-0.2, 0) is 0 Å². The molecule has 1 aromatic heterocycles. The van der Waals surface area contributed by atoms with Gasteiger partial charge >= 0.3 is 0 Å². The smallest absolute Gasteiger partial charge is 0.123 e. The van der Waals surface area contributed by atoms with Crippen LogP contribution in [0.1, 0.15) is 0 Å². The molecule has 0 saturated heterocycles. The highest BCUT2D eigenvalue weighted by Crippen LogP contribution is 2.34. The second kappa shape index (κ2) is 6.29. The van der Waals surface area contributed by atoms with Crippen LogP contribution >= 0.6 is 0 Å². The summed E-state index contributed by atoms with van der Waals surface area (Å²) in [6.07, 6.45) is 0. The number of nitrogens with one attached hydrogen (secondary N) is 1. The van der Waals surface area contributed by atoms with E-state index < -0.39 is 0 Å². The van der Waals surface area contributed by atoms with Crippen molar-refractivity contribution in [1.82, 2.24) is 4.57 Å². The monoisotopic (exact) mass is 352 g/mol. The van der Waals surface area contributed by atoms with E-state index in [1.807, 2.05) is 54.6 Å². The molecule has 0 amide bonds. The lowest BCUT2D eigenvalue weighted by molar-refractivity contribution is 0.627. The first kappa shape index (κ1) is 15.6. The van der Waals surface area contributed by atoms with Crippen LogP contribution in [0.2, 0.25) is 0 Å². The lowest BCUT2D eigenvalue weighted by atomic mass is 10.1. The van der Waals surface area contributed by atoms with Crippen LogP contribution in [0, 0.1) is 5.82 Å². The minimum atomic E-state index is -0.231. The Kier molecular flexibility index (Phi) is 3.65. The number of nitrogens with zero attached hydrogens (tertiary/aromatic N) is 1. The van der Waals surface area contributed by atoms with E-state index in [1.165, 1.54) is 22.9 Å². The molecule has 5 rings (SSSR count). The van der Waals surface area contributed by atoms with Gasteiger partial charge in [-0.25, -0.2) is 4.39 Å². The zero-order chi connectivity index (χ0) is 18.2. The van der Waals surface area contributed by atoms with Gasteiger partial charge in [-0.1, -0.05) is 42.5 Å². The molecule has 0 aliphatic heterocycles. The molecule has 0 radical (unpaired) electrons. The first-order valence-corrected chi connectivity index (χ1v) is 8.91. The molecule has 1 heterocycles. The molecule has 0 unspecified atom stereocenters. The molecular formula is C24H17FN2. The van der Waals surface area contributed by atoms with Gasteiger partial charge in [-0.2, -0.15) is 0 Å². The molecule has 0 spiro atoms. The average Bonchev–Trinajstić information content (AvgIpc) is 3.03. The summed E-state index contributed by atoms with van der Waals surface area (Å²) in [5.74, 6) is -0.231. The van der Waals surface area contributed by atoms with E-state index in [0.29, 0.717) is 0 Å². The fraction of sp³-hybridized carbons (Fsp3) is 0. The summed E-state index contributed by atoms with van der Waals surface area (Å²) < 4.78 is 15.6. The van der Waals surface area contributed by atoms with Crippen LogP contribution in [0.25, 0.3) is 27.5 Å². The maximum absolute atomic E-state index is 13.4. The van der Waals surface area contributed by atoms with Gasteiger partial charge in [0, 0.05) is 27.8 Å². The van der Waals surface area contributed by atoms with Gasteiger partial charge in [-0.15, -0.1) is 0 Å². The number of hydrogen-bond donors (Lipinski definition) is 1. The van der Waals surface area contributed by atoms with E-state index >= 15 is 0 Å². The lowest BCUT2D eigenvalue weighted by Gasteiger charge is -2.10. The summed E-state index contributed by atoms with van der Waals surface area (Å²) in [5, 5.41) is 5.81. The Hall–Kier alpha value is -3.59. The van der Waals surface area contributed by atoms with Crippen LogP contribution in [0.5, 0.6) is 0 Å². The van der Waals surface area contributed by atoms with Crippen molar-refractivity contribution in [3.63, 3.8) is 0 Å². The SMILES string of the molecule is Fc1ccc(-n2c3ccccc3c3ccc(Nc4ccccc4)cc32)cc1. The summed E-state index contributed by atoms with van der Waals surface area (Å²) >= 11 is 0. The van der Waals surface area contributed by atoms with Gasteiger partial charge in [0.2, 0.25) is 0 Å². The Labute approximate surface area is 156 Å². The van der Waals surface area contributed by atoms with E-state index in [4.69, 9.17) is 0 Å². The van der Waals surface area contributed by atoms with E-state index in [1.54, 1.807) is 0 Å². The summed E-state index contributed by atoms with van der Waals surface area (Å²) in [6.45, 7) is 0. The summed E-state index contributed by atoms with van der Waals surface area (Å²) in [4.78, 5) is 0. The zero-order valence-electron chi connectivity index (χ0n) is 14.6. The molecule has 3 heteroatoms. The molecule has 0 saturated carbocycles. The minimum absolute atomic E-state index is 0.231. The third-order valence-electron chi connectivity index (χ3n) is 4.82. The highest BCUT2D eigenvalue weighted by Gasteiger charge is 2.12. The zero-order valence-corrected chi connectivity index (χ0v) is 14.6. The largest absolute Gasteiger partial charge is 0.355 e. The van der Waals surface area contributed by atoms with Crippen LogP contribution in [-0.4, -0.2) is 4.57 Å².